The average Bonchev–Trinajstić information content (AvgIpc) is 3.30. The molecule has 6 rings (SSSR count). The molecule has 5 heteroatoms. The summed E-state index contributed by atoms with van der Waals surface area (Å²) in [4.78, 5) is 12.6. The number of aliphatic hydroxyl groups is 2. The molecule has 4 aliphatic carbocycles. The molecule has 0 amide bonds. The van der Waals surface area contributed by atoms with E-state index in [0.717, 1.165) is 30.6 Å². The van der Waals surface area contributed by atoms with Crippen LogP contribution in [0.15, 0.2) is 36.0 Å². The molecule has 0 spiro atoms. The van der Waals surface area contributed by atoms with Gasteiger partial charge in [0, 0.05) is 5.41 Å². The average molecular weight is 475 g/mol. The molecule has 35 heavy (non-hydrogen) atoms. The maximum atomic E-state index is 12.6. The highest BCUT2D eigenvalue weighted by Crippen LogP contribution is 2.68. The van der Waals surface area contributed by atoms with Crippen LogP contribution in [0.1, 0.15) is 70.2 Å². The van der Waals surface area contributed by atoms with Gasteiger partial charge < -0.3 is 10.2 Å². The molecule has 3 saturated carbocycles. The molecule has 1 aromatic heterocycles. The van der Waals surface area contributed by atoms with Crippen LogP contribution in [-0.4, -0.2) is 37.5 Å². The van der Waals surface area contributed by atoms with E-state index in [4.69, 9.17) is 5.10 Å². The van der Waals surface area contributed by atoms with E-state index in [-0.39, 0.29) is 23.0 Å². The lowest BCUT2D eigenvalue weighted by Crippen LogP contribution is -2.62. The fourth-order valence-electron chi connectivity index (χ4n) is 9.17. The number of hydrogen-bond donors (Lipinski definition) is 2. The summed E-state index contributed by atoms with van der Waals surface area (Å²) in [6.45, 7) is 10.4. The van der Waals surface area contributed by atoms with Gasteiger partial charge in [0.25, 0.3) is 0 Å². The Labute approximate surface area is 208 Å². The number of fused-ring (bicyclic) bond motifs is 6. The van der Waals surface area contributed by atoms with Crippen LogP contribution in [0.2, 0.25) is 0 Å². The lowest BCUT2D eigenvalue weighted by Gasteiger charge is -2.61. The maximum Gasteiger partial charge on any atom is 0.161 e. The Kier molecular flexibility index (Phi) is 4.89. The van der Waals surface area contributed by atoms with Crippen LogP contribution in [0, 0.1) is 41.4 Å². The van der Waals surface area contributed by atoms with Gasteiger partial charge in [-0.2, -0.15) is 5.10 Å². The molecule has 8 atom stereocenters. The Hall–Kier alpha value is -2.24. The first-order valence-corrected chi connectivity index (χ1v) is 13.3. The second kappa shape index (κ2) is 7.39. The predicted octanol–water partition coefficient (Wildman–Crippen LogP) is 4.90. The third-order valence-electron chi connectivity index (χ3n) is 10.7. The molecular formula is C30H38N2O3. The monoisotopic (exact) mass is 474 g/mol. The van der Waals surface area contributed by atoms with Crippen molar-refractivity contribution in [2.24, 2.45) is 34.5 Å². The normalized spacial score (nSPS) is 41.9. The van der Waals surface area contributed by atoms with E-state index in [1.807, 2.05) is 6.20 Å². The van der Waals surface area contributed by atoms with Crippen LogP contribution in [-0.2, 0) is 11.2 Å². The molecule has 0 saturated heterocycles. The van der Waals surface area contributed by atoms with Gasteiger partial charge in [-0.15, -0.1) is 0 Å². The first kappa shape index (κ1) is 23.2. The fraction of sp³-hybridized carbons (Fsp3) is 0.600. The van der Waals surface area contributed by atoms with Gasteiger partial charge in [0.05, 0.1) is 23.7 Å². The molecule has 2 N–H and O–H groups in total. The summed E-state index contributed by atoms with van der Waals surface area (Å²) in [6.07, 6.45) is 7.54. The van der Waals surface area contributed by atoms with Crippen molar-refractivity contribution in [3.63, 3.8) is 0 Å². The lowest BCUT2D eigenvalue weighted by molar-refractivity contribution is -0.180. The number of nitrogens with zero attached hydrogens (tertiary/aromatic N) is 2. The minimum atomic E-state index is -1.32. The van der Waals surface area contributed by atoms with E-state index in [1.165, 1.54) is 23.6 Å². The number of allylic oxidation sites excluding steroid dienone is 1. The van der Waals surface area contributed by atoms with Crippen LogP contribution in [0.3, 0.4) is 0 Å². The number of carbonyl (C=O) groups is 1. The summed E-state index contributed by atoms with van der Waals surface area (Å²) >= 11 is 0. The Balaban J connectivity index is 1.42. The van der Waals surface area contributed by atoms with Crippen molar-refractivity contribution >= 4 is 11.9 Å². The van der Waals surface area contributed by atoms with Gasteiger partial charge in [0.15, 0.2) is 5.78 Å². The Bertz CT molecular complexity index is 1250. The molecule has 0 aliphatic heterocycles. The molecule has 0 radical (unpaired) electrons. The molecule has 186 valence electrons. The van der Waals surface area contributed by atoms with Crippen molar-refractivity contribution in [3.8, 4) is 5.69 Å². The zero-order valence-corrected chi connectivity index (χ0v) is 21.6. The summed E-state index contributed by atoms with van der Waals surface area (Å²) in [5, 5.41) is 28.0. The summed E-state index contributed by atoms with van der Waals surface area (Å²) < 4.78 is 2.06. The maximum absolute atomic E-state index is 12.6. The third-order valence-corrected chi connectivity index (χ3v) is 10.7. The first-order chi connectivity index (χ1) is 16.5. The number of carbonyl (C=O) groups excluding carboxylic acids is 1. The highest BCUT2D eigenvalue weighted by Gasteiger charge is 2.68. The summed E-state index contributed by atoms with van der Waals surface area (Å²) in [7, 11) is 0. The predicted molar refractivity (Wildman–Crippen MR) is 136 cm³/mol. The van der Waals surface area contributed by atoms with Crippen molar-refractivity contribution in [2.75, 3.05) is 0 Å². The highest BCUT2D eigenvalue weighted by atomic mass is 16.3. The van der Waals surface area contributed by atoms with Crippen LogP contribution in [0.5, 0.6) is 0 Å². The number of aryl methyl sites for hydroxylation is 1. The van der Waals surface area contributed by atoms with Crippen molar-refractivity contribution in [3.05, 3.63) is 52.9 Å². The molecule has 1 aromatic carbocycles. The standard InChI is InChI=1S/C30H38N2O3/c1-17-7-6-8-21(11-17)32-25-13-24-18(2)12-22-23-9-10-30(35,19(3)33)29(23,5)15-26(34)27(22)28(24,4)14-20(25)16-31-32/h6-8,11,13,16,18,22-23,26-27,34-35H,9-10,12,14-15H2,1-5H3/t18-,22-,23-,26-,27+,28-,29-,30-/m0/s1. The lowest BCUT2D eigenvalue weighted by atomic mass is 9.44. The number of aromatic nitrogens is 2. The summed E-state index contributed by atoms with van der Waals surface area (Å²) in [5.74, 6) is 0.892. The van der Waals surface area contributed by atoms with Gasteiger partial charge in [0.1, 0.15) is 5.60 Å². The van der Waals surface area contributed by atoms with Crippen molar-refractivity contribution < 1.29 is 15.0 Å². The minimum Gasteiger partial charge on any atom is -0.393 e. The summed E-state index contributed by atoms with van der Waals surface area (Å²) in [6, 6.07) is 8.45. The van der Waals surface area contributed by atoms with Crippen LogP contribution >= 0.6 is 0 Å². The topological polar surface area (TPSA) is 75.3 Å². The van der Waals surface area contributed by atoms with E-state index >= 15 is 0 Å². The zero-order chi connectivity index (χ0) is 24.9. The number of benzene rings is 1. The molecular weight excluding hydrogens is 436 g/mol. The van der Waals surface area contributed by atoms with Crippen molar-refractivity contribution in [1.29, 1.82) is 0 Å². The highest BCUT2D eigenvalue weighted by molar-refractivity contribution is 5.86. The quantitative estimate of drug-likeness (QED) is 0.649. The molecule has 0 unspecified atom stereocenters. The number of ketones is 1. The van der Waals surface area contributed by atoms with Crippen LogP contribution < -0.4 is 0 Å². The smallest absolute Gasteiger partial charge is 0.161 e. The molecule has 0 bridgehead atoms. The minimum absolute atomic E-state index is 0.118. The Morgan fingerprint density at radius 1 is 1.26 bits per heavy atom. The van der Waals surface area contributed by atoms with Crippen molar-refractivity contribution in [2.45, 2.75) is 78.4 Å². The number of Topliss-reactive ketones (excluding diaryl/α,β-unsaturated/α-hetero) is 1. The largest absolute Gasteiger partial charge is 0.393 e. The van der Waals surface area contributed by atoms with E-state index in [1.54, 1.807) is 0 Å². The van der Waals surface area contributed by atoms with Crippen LogP contribution in [0.25, 0.3) is 11.8 Å². The van der Waals surface area contributed by atoms with Crippen molar-refractivity contribution in [1.82, 2.24) is 9.78 Å². The van der Waals surface area contributed by atoms with Gasteiger partial charge in [0.2, 0.25) is 0 Å². The number of aliphatic hydroxyl groups excluding tert-OH is 1. The van der Waals surface area contributed by atoms with E-state index in [9.17, 15) is 15.0 Å². The van der Waals surface area contributed by atoms with Gasteiger partial charge >= 0.3 is 0 Å². The Morgan fingerprint density at radius 3 is 2.74 bits per heavy atom. The molecule has 3 fully saturated rings. The second-order valence-corrected chi connectivity index (χ2v) is 12.6. The van der Waals surface area contributed by atoms with Gasteiger partial charge in [-0.3, -0.25) is 4.79 Å². The first-order valence-electron chi connectivity index (χ1n) is 13.3. The fourth-order valence-corrected chi connectivity index (χ4v) is 9.17. The van der Waals surface area contributed by atoms with Gasteiger partial charge in [-0.05, 0) is 104 Å². The summed E-state index contributed by atoms with van der Waals surface area (Å²) in [5.41, 5.74) is 4.06. The Morgan fingerprint density at radius 2 is 2.03 bits per heavy atom. The zero-order valence-electron chi connectivity index (χ0n) is 21.6. The second-order valence-electron chi connectivity index (χ2n) is 12.6. The third kappa shape index (κ3) is 2.94. The SMILES string of the molecule is CC(=O)[C@@]1(O)CC[C@H]2[C@@H]3C[C@H](C)C4=Cc5c(cnn5-c5cccc(C)c5)C[C@]4(C)[C@H]3[C@@H](O)C[C@@]21C. The van der Waals surface area contributed by atoms with E-state index in [0.29, 0.717) is 24.7 Å². The van der Waals surface area contributed by atoms with E-state index < -0.39 is 17.1 Å². The molecule has 1 heterocycles. The molecule has 2 aromatic rings. The number of hydrogen-bond acceptors (Lipinski definition) is 4. The molecule has 4 aliphatic rings. The van der Waals surface area contributed by atoms with E-state index in [2.05, 4.69) is 62.7 Å². The van der Waals surface area contributed by atoms with Gasteiger partial charge in [-0.1, -0.05) is 38.5 Å². The number of rotatable bonds is 2. The van der Waals surface area contributed by atoms with Crippen LogP contribution in [0.4, 0.5) is 0 Å². The van der Waals surface area contributed by atoms with Gasteiger partial charge in [-0.25, -0.2) is 4.68 Å². The molecule has 5 nitrogen and oxygen atoms in total.